The van der Waals surface area contributed by atoms with Gasteiger partial charge in [-0.25, -0.2) is 0 Å². The summed E-state index contributed by atoms with van der Waals surface area (Å²) in [6.07, 6.45) is 6.06. The summed E-state index contributed by atoms with van der Waals surface area (Å²) in [5.74, 6) is 0. The van der Waals surface area contributed by atoms with Crippen LogP contribution in [0.1, 0.15) is 17.7 Å². The molecular weight excluding hydrogens is 196 g/mol. The quantitative estimate of drug-likeness (QED) is 0.589. The van der Waals surface area contributed by atoms with Crippen molar-refractivity contribution < 1.29 is 4.57 Å². The third-order valence-corrected chi connectivity index (χ3v) is 3.95. The molecule has 0 fully saturated rings. The van der Waals surface area contributed by atoms with Crippen LogP contribution in [0.2, 0.25) is 0 Å². The average molecular weight is 211 g/mol. The number of rotatable bonds is 0. The van der Waals surface area contributed by atoms with Crippen molar-refractivity contribution in [3.8, 4) is 11.4 Å². The van der Waals surface area contributed by atoms with Gasteiger partial charge in [0.1, 0.15) is 5.69 Å². The van der Waals surface area contributed by atoms with E-state index in [4.69, 9.17) is 0 Å². The van der Waals surface area contributed by atoms with Crippen molar-refractivity contribution in [1.29, 1.82) is 0 Å². The molecule has 0 atom stereocenters. The number of aryl methyl sites for hydroxylation is 2. The Morgan fingerprint density at radius 3 is 3.12 bits per heavy atom. The highest BCUT2D eigenvalue weighted by Gasteiger charge is 2.29. The molecule has 0 amide bonds. The molecule has 2 aromatic heterocycles. The average Bonchev–Trinajstić information content (AvgIpc) is 2.96. The third-order valence-electron chi connectivity index (χ3n) is 3.95. The molecule has 80 valence electrons. The van der Waals surface area contributed by atoms with Gasteiger partial charge in [0.25, 0.3) is 0 Å². The molecule has 1 aliphatic heterocycles. The molecule has 16 heavy (non-hydrogen) atoms. The molecule has 0 aromatic carbocycles. The second-order valence-electron chi connectivity index (χ2n) is 4.78. The molecule has 0 bridgehead atoms. The fraction of sp³-hybridized carbons (Fsp3) is 0.357. The summed E-state index contributed by atoms with van der Waals surface area (Å²) in [4.78, 5) is 0. The van der Waals surface area contributed by atoms with E-state index in [0.29, 0.717) is 0 Å². The van der Waals surface area contributed by atoms with E-state index in [-0.39, 0.29) is 0 Å². The summed E-state index contributed by atoms with van der Waals surface area (Å²) in [6.45, 7) is 2.26. The van der Waals surface area contributed by atoms with Gasteiger partial charge in [0.2, 0.25) is 5.69 Å². The van der Waals surface area contributed by atoms with Crippen molar-refractivity contribution >= 4 is 0 Å². The van der Waals surface area contributed by atoms with E-state index < -0.39 is 0 Å². The number of hydrogen-bond acceptors (Lipinski definition) is 0. The van der Waals surface area contributed by atoms with Gasteiger partial charge in [0, 0.05) is 24.2 Å². The Morgan fingerprint density at radius 2 is 2.12 bits per heavy atom. The molecule has 1 aliphatic carbocycles. The first kappa shape index (κ1) is 8.57. The lowest BCUT2D eigenvalue weighted by atomic mass is 10.1. The molecule has 0 saturated heterocycles. The van der Waals surface area contributed by atoms with Gasteiger partial charge in [-0.15, -0.1) is 0 Å². The first-order valence-corrected chi connectivity index (χ1v) is 6.13. The van der Waals surface area contributed by atoms with E-state index in [1.54, 1.807) is 11.3 Å². The summed E-state index contributed by atoms with van der Waals surface area (Å²) in [7, 11) is 0. The van der Waals surface area contributed by atoms with Crippen LogP contribution < -0.4 is 4.57 Å². The minimum atomic E-state index is 1.12. The number of aromatic nitrogens is 2. The Bertz CT molecular complexity index is 566. The molecular formula is C14H15N2+. The highest BCUT2D eigenvalue weighted by molar-refractivity contribution is 5.53. The molecule has 0 radical (unpaired) electrons. The van der Waals surface area contributed by atoms with Crippen molar-refractivity contribution in [2.75, 3.05) is 0 Å². The topological polar surface area (TPSA) is 8.81 Å². The SMILES string of the molecule is c1cc2n(c1)CC[n+]1c-2ccc2c1CCC2. The minimum Gasteiger partial charge on any atom is -0.336 e. The molecule has 2 aliphatic rings. The molecule has 0 spiro atoms. The van der Waals surface area contributed by atoms with Gasteiger partial charge < -0.3 is 4.57 Å². The van der Waals surface area contributed by atoms with Gasteiger partial charge in [-0.1, -0.05) is 0 Å². The maximum atomic E-state index is 2.54. The predicted octanol–water partition coefficient (Wildman–Crippen LogP) is 1.94. The zero-order valence-corrected chi connectivity index (χ0v) is 9.32. The van der Waals surface area contributed by atoms with E-state index >= 15 is 0 Å². The van der Waals surface area contributed by atoms with Crippen molar-refractivity contribution in [3.05, 3.63) is 41.7 Å². The highest BCUT2D eigenvalue weighted by Crippen LogP contribution is 2.25. The molecule has 3 heterocycles. The van der Waals surface area contributed by atoms with Gasteiger partial charge in [0.05, 0.1) is 6.54 Å². The van der Waals surface area contributed by atoms with Crippen LogP contribution in [0.3, 0.4) is 0 Å². The molecule has 0 unspecified atom stereocenters. The molecule has 4 rings (SSSR count). The minimum absolute atomic E-state index is 1.12. The van der Waals surface area contributed by atoms with Crippen LogP contribution >= 0.6 is 0 Å². The molecule has 2 aromatic rings. The van der Waals surface area contributed by atoms with Gasteiger partial charge >= 0.3 is 0 Å². The monoisotopic (exact) mass is 211 g/mol. The second kappa shape index (κ2) is 2.97. The third kappa shape index (κ3) is 0.993. The molecule has 2 heteroatoms. The standard InChI is InChI=1S/C14H15N2/c1-3-11-6-7-14-13-5-2-8-15(13)9-10-16(14)12(11)4-1/h2,5-8H,1,3-4,9-10H2/q+1. The lowest BCUT2D eigenvalue weighted by molar-refractivity contribution is -0.697. The van der Waals surface area contributed by atoms with Crippen molar-refractivity contribution in [2.24, 2.45) is 0 Å². The Hall–Kier alpha value is -1.57. The van der Waals surface area contributed by atoms with E-state index in [2.05, 4.69) is 39.6 Å². The van der Waals surface area contributed by atoms with Crippen molar-refractivity contribution in [2.45, 2.75) is 32.4 Å². The summed E-state index contributed by atoms with van der Waals surface area (Å²) >= 11 is 0. The van der Waals surface area contributed by atoms with Gasteiger partial charge in [-0.05, 0) is 31.0 Å². The van der Waals surface area contributed by atoms with Gasteiger partial charge in [-0.2, -0.15) is 4.57 Å². The smallest absolute Gasteiger partial charge is 0.229 e. The van der Waals surface area contributed by atoms with Crippen LogP contribution in [0.25, 0.3) is 11.4 Å². The van der Waals surface area contributed by atoms with Crippen LogP contribution in [0, 0.1) is 0 Å². The number of pyridine rings is 1. The summed E-state index contributed by atoms with van der Waals surface area (Å²) in [5, 5.41) is 0. The molecule has 2 nitrogen and oxygen atoms in total. The van der Waals surface area contributed by atoms with E-state index in [0.717, 1.165) is 13.1 Å². The van der Waals surface area contributed by atoms with Crippen LogP contribution in [0.4, 0.5) is 0 Å². The summed E-state index contributed by atoms with van der Waals surface area (Å²) in [5.41, 5.74) is 5.94. The maximum Gasteiger partial charge on any atom is 0.229 e. The maximum absolute atomic E-state index is 2.54. The summed E-state index contributed by atoms with van der Waals surface area (Å²) < 4.78 is 4.90. The number of hydrogen-bond donors (Lipinski definition) is 0. The van der Waals surface area contributed by atoms with Gasteiger partial charge in [0.15, 0.2) is 12.2 Å². The van der Waals surface area contributed by atoms with Crippen LogP contribution in [0.15, 0.2) is 30.5 Å². The van der Waals surface area contributed by atoms with E-state index in [1.165, 1.54) is 30.7 Å². The van der Waals surface area contributed by atoms with Crippen LogP contribution in [-0.4, -0.2) is 4.57 Å². The number of nitrogens with zero attached hydrogens (tertiary/aromatic N) is 2. The van der Waals surface area contributed by atoms with Crippen LogP contribution in [0.5, 0.6) is 0 Å². The largest absolute Gasteiger partial charge is 0.336 e. The fourth-order valence-corrected chi connectivity index (χ4v) is 3.18. The Balaban J connectivity index is 2.01. The zero-order valence-electron chi connectivity index (χ0n) is 9.32. The van der Waals surface area contributed by atoms with Crippen LogP contribution in [-0.2, 0) is 25.9 Å². The predicted molar refractivity (Wildman–Crippen MR) is 62.1 cm³/mol. The first-order valence-electron chi connectivity index (χ1n) is 6.13. The highest BCUT2D eigenvalue weighted by atomic mass is 15.1. The van der Waals surface area contributed by atoms with E-state index in [9.17, 15) is 0 Å². The lowest BCUT2D eigenvalue weighted by Gasteiger charge is -2.16. The summed E-state index contributed by atoms with van der Waals surface area (Å²) in [6, 6.07) is 9.01. The van der Waals surface area contributed by atoms with Gasteiger partial charge in [-0.3, -0.25) is 0 Å². The Labute approximate surface area is 95.2 Å². The molecule has 0 N–H and O–H groups in total. The Morgan fingerprint density at radius 1 is 1.12 bits per heavy atom. The van der Waals surface area contributed by atoms with Crippen molar-refractivity contribution in [3.63, 3.8) is 0 Å². The second-order valence-corrected chi connectivity index (χ2v) is 4.78. The lowest BCUT2D eigenvalue weighted by Crippen LogP contribution is -2.45. The fourth-order valence-electron chi connectivity index (χ4n) is 3.18. The zero-order chi connectivity index (χ0) is 10.5. The number of fused-ring (bicyclic) bond motifs is 5. The Kier molecular flexibility index (Phi) is 1.59. The normalized spacial score (nSPS) is 16.8. The van der Waals surface area contributed by atoms with E-state index in [1.807, 2.05) is 0 Å². The molecule has 0 saturated carbocycles. The van der Waals surface area contributed by atoms with Crippen molar-refractivity contribution in [1.82, 2.24) is 4.57 Å². The first-order chi connectivity index (χ1) is 7.93.